The minimum atomic E-state index is -1.39. The highest BCUT2D eigenvalue weighted by Crippen LogP contribution is 2.27. The molecule has 5 nitrogen and oxygen atoms in total. The summed E-state index contributed by atoms with van der Waals surface area (Å²) in [6.07, 6.45) is 3.08. The number of fused-ring (bicyclic) bond motifs is 1. The van der Waals surface area contributed by atoms with Gasteiger partial charge in [0.05, 0.1) is 5.52 Å². The molecule has 0 saturated heterocycles. The molecule has 2 aromatic carbocycles. The second-order valence-electron chi connectivity index (χ2n) is 8.30. The van der Waals surface area contributed by atoms with Crippen LogP contribution in [0.5, 0.6) is 0 Å². The molecule has 3 aromatic rings. The molecule has 0 spiro atoms. The SMILES string of the molecule is CN(C)c1nc(NC2CCC(NCc3c(F)c(F)cc(F)c3F)CC2)nc2ccccc12. The Morgan fingerprint density at radius 2 is 1.53 bits per heavy atom. The molecule has 1 fully saturated rings. The smallest absolute Gasteiger partial charge is 0.225 e. The van der Waals surface area contributed by atoms with E-state index in [4.69, 9.17) is 0 Å². The fourth-order valence-corrected chi connectivity index (χ4v) is 4.11. The van der Waals surface area contributed by atoms with Crippen LogP contribution in [0.15, 0.2) is 30.3 Å². The van der Waals surface area contributed by atoms with Crippen molar-refractivity contribution in [2.75, 3.05) is 24.3 Å². The number of halogens is 4. The third-order valence-corrected chi connectivity index (χ3v) is 5.84. The monoisotopic (exact) mass is 447 g/mol. The molecule has 0 bridgehead atoms. The van der Waals surface area contributed by atoms with Crippen LogP contribution in [0.3, 0.4) is 0 Å². The number of hydrogen-bond donors (Lipinski definition) is 2. The van der Waals surface area contributed by atoms with E-state index in [9.17, 15) is 17.6 Å². The molecule has 0 unspecified atom stereocenters. The molecule has 1 saturated carbocycles. The van der Waals surface area contributed by atoms with E-state index >= 15 is 0 Å². The average Bonchev–Trinajstić information content (AvgIpc) is 2.78. The lowest BCUT2D eigenvalue weighted by atomic mass is 9.91. The van der Waals surface area contributed by atoms with E-state index in [0.717, 1.165) is 42.4 Å². The molecule has 1 aliphatic carbocycles. The van der Waals surface area contributed by atoms with Crippen LogP contribution >= 0.6 is 0 Å². The van der Waals surface area contributed by atoms with E-state index in [1.807, 2.05) is 43.3 Å². The predicted molar refractivity (Wildman–Crippen MR) is 117 cm³/mol. The summed E-state index contributed by atoms with van der Waals surface area (Å²) in [6.45, 7) is -0.269. The molecular weight excluding hydrogens is 422 g/mol. The average molecular weight is 447 g/mol. The Hall–Kier alpha value is -2.94. The number of aromatic nitrogens is 2. The molecule has 0 amide bonds. The van der Waals surface area contributed by atoms with Crippen LogP contribution in [0, 0.1) is 23.3 Å². The maximum atomic E-state index is 13.9. The van der Waals surface area contributed by atoms with Gasteiger partial charge in [0.1, 0.15) is 5.82 Å². The Kier molecular flexibility index (Phi) is 6.45. The quantitative estimate of drug-likeness (QED) is 0.421. The number of nitrogens with one attached hydrogen (secondary N) is 2. The lowest BCUT2D eigenvalue weighted by Gasteiger charge is -2.30. The second-order valence-corrected chi connectivity index (χ2v) is 8.30. The van der Waals surface area contributed by atoms with Crippen molar-refractivity contribution in [1.29, 1.82) is 0 Å². The Bertz CT molecular complexity index is 1090. The van der Waals surface area contributed by atoms with Gasteiger partial charge in [-0.15, -0.1) is 0 Å². The number of rotatable bonds is 6. The van der Waals surface area contributed by atoms with Crippen molar-refractivity contribution in [2.45, 2.75) is 44.3 Å². The first-order valence-corrected chi connectivity index (χ1v) is 10.6. The van der Waals surface area contributed by atoms with Gasteiger partial charge >= 0.3 is 0 Å². The Balaban J connectivity index is 1.37. The normalized spacial score (nSPS) is 18.7. The summed E-state index contributed by atoms with van der Waals surface area (Å²) in [4.78, 5) is 11.2. The molecule has 4 rings (SSSR count). The summed E-state index contributed by atoms with van der Waals surface area (Å²) in [5.74, 6) is -4.08. The minimum absolute atomic E-state index is 0.00645. The van der Waals surface area contributed by atoms with Crippen molar-refractivity contribution in [2.24, 2.45) is 0 Å². The van der Waals surface area contributed by atoms with E-state index in [2.05, 4.69) is 20.6 Å². The molecule has 0 aliphatic heterocycles. The van der Waals surface area contributed by atoms with Gasteiger partial charge in [-0.3, -0.25) is 0 Å². The first kappa shape index (κ1) is 22.3. The van der Waals surface area contributed by atoms with Crippen LogP contribution in [0.1, 0.15) is 31.2 Å². The van der Waals surface area contributed by atoms with Crippen LogP contribution in [-0.2, 0) is 6.54 Å². The fraction of sp³-hybridized carbons (Fsp3) is 0.391. The first-order chi connectivity index (χ1) is 15.3. The summed E-state index contributed by atoms with van der Waals surface area (Å²) in [6, 6.07) is 8.20. The summed E-state index contributed by atoms with van der Waals surface area (Å²) in [5.41, 5.74) is 0.249. The highest BCUT2D eigenvalue weighted by atomic mass is 19.2. The van der Waals surface area contributed by atoms with Crippen molar-refractivity contribution in [3.63, 3.8) is 0 Å². The zero-order chi connectivity index (χ0) is 22.8. The largest absolute Gasteiger partial charge is 0.362 e. The molecule has 1 aliphatic rings. The number of anilines is 2. The topological polar surface area (TPSA) is 53.1 Å². The van der Waals surface area contributed by atoms with Gasteiger partial charge in [0.2, 0.25) is 5.95 Å². The third kappa shape index (κ3) is 4.62. The van der Waals surface area contributed by atoms with Crippen LogP contribution in [0.2, 0.25) is 0 Å². The van der Waals surface area contributed by atoms with Gasteiger partial charge in [-0.05, 0) is 37.8 Å². The number of nitrogens with zero attached hydrogens (tertiary/aromatic N) is 3. The first-order valence-electron chi connectivity index (χ1n) is 10.6. The van der Waals surface area contributed by atoms with Crippen LogP contribution in [-0.4, -0.2) is 36.1 Å². The van der Waals surface area contributed by atoms with E-state index in [1.165, 1.54) is 0 Å². The van der Waals surface area contributed by atoms with Gasteiger partial charge in [0, 0.05) is 49.7 Å². The minimum Gasteiger partial charge on any atom is -0.362 e. The van der Waals surface area contributed by atoms with Gasteiger partial charge in [-0.25, -0.2) is 22.5 Å². The second kappa shape index (κ2) is 9.28. The van der Waals surface area contributed by atoms with Gasteiger partial charge in [-0.2, -0.15) is 4.98 Å². The molecule has 2 N–H and O–H groups in total. The summed E-state index contributed by atoms with van der Waals surface area (Å²) in [7, 11) is 3.87. The van der Waals surface area contributed by atoms with Crippen LogP contribution in [0.4, 0.5) is 29.3 Å². The Morgan fingerprint density at radius 3 is 2.19 bits per heavy atom. The molecule has 1 heterocycles. The van der Waals surface area contributed by atoms with Crippen molar-refractivity contribution in [3.05, 3.63) is 59.2 Å². The zero-order valence-electron chi connectivity index (χ0n) is 17.9. The van der Waals surface area contributed by atoms with Gasteiger partial charge < -0.3 is 15.5 Å². The highest BCUT2D eigenvalue weighted by molar-refractivity contribution is 5.90. The Labute approximate surface area is 183 Å². The summed E-state index contributed by atoms with van der Waals surface area (Å²) >= 11 is 0. The third-order valence-electron chi connectivity index (χ3n) is 5.84. The lowest BCUT2D eigenvalue weighted by molar-refractivity contribution is 0.344. The number of hydrogen-bond acceptors (Lipinski definition) is 5. The zero-order valence-corrected chi connectivity index (χ0v) is 17.9. The van der Waals surface area contributed by atoms with Crippen LogP contribution in [0.25, 0.3) is 10.9 Å². The molecule has 32 heavy (non-hydrogen) atoms. The molecular formula is C23H25F4N5. The molecule has 0 atom stereocenters. The summed E-state index contributed by atoms with van der Waals surface area (Å²) < 4.78 is 54.5. The van der Waals surface area contributed by atoms with Crippen molar-refractivity contribution in [3.8, 4) is 0 Å². The van der Waals surface area contributed by atoms with Gasteiger partial charge in [0.15, 0.2) is 23.3 Å². The lowest BCUT2D eigenvalue weighted by Crippen LogP contribution is -2.37. The van der Waals surface area contributed by atoms with E-state index in [0.29, 0.717) is 5.95 Å². The molecule has 0 radical (unpaired) electrons. The molecule has 170 valence electrons. The molecule has 9 heteroatoms. The van der Waals surface area contributed by atoms with Crippen molar-refractivity contribution >= 4 is 22.7 Å². The van der Waals surface area contributed by atoms with Crippen molar-refractivity contribution < 1.29 is 17.6 Å². The maximum absolute atomic E-state index is 13.9. The van der Waals surface area contributed by atoms with Crippen LogP contribution < -0.4 is 15.5 Å². The summed E-state index contributed by atoms with van der Waals surface area (Å²) in [5, 5.41) is 7.40. The van der Waals surface area contributed by atoms with E-state index in [1.54, 1.807) is 0 Å². The number of para-hydroxylation sites is 1. The van der Waals surface area contributed by atoms with Crippen molar-refractivity contribution in [1.82, 2.24) is 15.3 Å². The van der Waals surface area contributed by atoms with E-state index < -0.39 is 28.8 Å². The Morgan fingerprint density at radius 1 is 0.906 bits per heavy atom. The maximum Gasteiger partial charge on any atom is 0.225 e. The van der Waals surface area contributed by atoms with E-state index in [-0.39, 0.29) is 24.7 Å². The predicted octanol–water partition coefficient (Wildman–Crippen LogP) is 4.77. The van der Waals surface area contributed by atoms with Gasteiger partial charge in [0.25, 0.3) is 0 Å². The van der Waals surface area contributed by atoms with Gasteiger partial charge in [-0.1, -0.05) is 12.1 Å². The number of benzene rings is 2. The standard InChI is InChI=1S/C23H25F4N5/c1-32(2)22-15-5-3-4-6-19(15)30-23(31-22)29-14-9-7-13(8-10-14)28-12-16-20(26)17(24)11-18(25)21(16)27/h3-6,11,13-14,28H,7-10,12H2,1-2H3,(H,29,30,31). The molecule has 1 aromatic heterocycles. The highest BCUT2D eigenvalue weighted by Gasteiger charge is 2.24. The fourth-order valence-electron chi connectivity index (χ4n) is 4.11.